The molecule has 4 aromatic rings. The molecule has 5 heteroatoms. The van der Waals surface area contributed by atoms with Crippen molar-refractivity contribution in [3.8, 4) is 17.1 Å². The zero-order valence-corrected chi connectivity index (χ0v) is 15.6. The Morgan fingerprint density at radius 2 is 1.52 bits per heavy atom. The van der Waals surface area contributed by atoms with E-state index in [0.29, 0.717) is 22.1 Å². The first-order valence-electron chi connectivity index (χ1n) is 8.22. The van der Waals surface area contributed by atoms with Crippen LogP contribution in [0.25, 0.3) is 22.3 Å². The van der Waals surface area contributed by atoms with Crippen molar-refractivity contribution in [1.29, 1.82) is 0 Å². The van der Waals surface area contributed by atoms with Crippen LogP contribution in [-0.2, 0) is 0 Å². The van der Waals surface area contributed by atoms with Crippen molar-refractivity contribution in [1.82, 2.24) is 0 Å². The van der Waals surface area contributed by atoms with Gasteiger partial charge in [-0.05, 0) is 36.4 Å². The van der Waals surface area contributed by atoms with Crippen molar-refractivity contribution < 1.29 is 13.9 Å². The maximum Gasteiger partial charge on any atom is 0.343 e. The molecule has 132 valence electrons. The number of para-hydroxylation sites is 1. The maximum atomic E-state index is 13.0. The molecule has 0 aliphatic rings. The normalized spacial score (nSPS) is 10.7. The molecule has 0 N–H and O–H groups in total. The molecule has 0 aliphatic heterocycles. The molecule has 0 spiro atoms. The summed E-state index contributed by atoms with van der Waals surface area (Å²) in [5.41, 5.74) is 1.04. The number of benzene rings is 3. The second-order valence-corrected chi connectivity index (χ2v) is 6.76. The van der Waals surface area contributed by atoms with Crippen LogP contribution in [0.15, 0.2) is 92.5 Å². The zero-order chi connectivity index (χ0) is 18.8. The van der Waals surface area contributed by atoms with E-state index in [2.05, 4.69) is 15.9 Å². The number of carbonyl (C=O) groups is 1. The summed E-state index contributed by atoms with van der Waals surface area (Å²) >= 11 is 3.33. The average Bonchev–Trinajstić information content (AvgIpc) is 2.71. The van der Waals surface area contributed by atoms with Gasteiger partial charge in [0.05, 0.1) is 10.9 Å². The van der Waals surface area contributed by atoms with E-state index in [1.165, 1.54) is 0 Å². The molecule has 4 rings (SSSR count). The first-order chi connectivity index (χ1) is 13.1. The summed E-state index contributed by atoms with van der Waals surface area (Å²) in [6, 6.07) is 22.7. The SMILES string of the molecule is O=C(Oc1c(-c2ccccc2)oc2ccccc2c1=O)c1ccc(Br)cc1. The molecule has 3 aromatic carbocycles. The smallest absolute Gasteiger partial charge is 0.343 e. The molecule has 0 saturated carbocycles. The van der Waals surface area contributed by atoms with Crippen LogP contribution in [0.4, 0.5) is 0 Å². The number of carbonyl (C=O) groups excluding carboxylic acids is 1. The summed E-state index contributed by atoms with van der Waals surface area (Å²) in [6.45, 7) is 0. The molecular weight excluding hydrogens is 408 g/mol. The van der Waals surface area contributed by atoms with Crippen LogP contribution in [0.5, 0.6) is 5.75 Å². The molecular formula is C22H13BrO4. The Morgan fingerprint density at radius 1 is 0.852 bits per heavy atom. The van der Waals surface area contributed by atoms with Crippen LogP contribution in [-0.4, -0.2) is 5.97 Å². The highest BCUT2D eigenvalue weighted by atomic mass is 79.9. The van der Waals surface area contributed by atoms with E-state index in [9.17, 15) is 9.59 Å². The summed E-state index contributed by atoms with van der Waals surface area (Å²) in [5.74, 6) is -0.514. The number of ether oxygens (including phenoxy) is 1. The summed E-state index contributed by atoms with van der Waals surface area (Å²) in [5, 5.41) is 0.357. The van der Waals surface area contributed by atoms with Crippen LogP contribution < -0.4 is 10.2 Å². The van der Waals surface area contributed by atoms with Crippen molar-refractivity contribution in [2.24, 2.45) is 0 Å². The molecule has 1 heterocycles. The van der Waals surface area contributed by atoms with Gasteiger partial charge in [-0.15, -0.1) is 0 Å². The average molecular weight is 421 g/mol. The van der Waals surface area contributed by atoms with Gasteiger partial charge in [0.25, 0.3) is 0 Å². The molecule has 4 nitrogen and oxygen atoms in total. The van der Waals surface area contributed by atoms with E-state index < -0.39 is 5.97 Å². The third kappa shape index (κ3) is 3.41. The molecule has 0 unspecified atom stereocenters. The van der Waals surface area contributed by atoms with Gasteiger partial charge in [0.2, 0.25) is 11.2 Å². The highest BCUT2D eigenvalue weighted by Crippen LogP contribution is 2.31. The Balaban J connectivity index is 1.87. The summed E-state index contributed by atoms with van der Waals surface area (Å²) in [7, 11) is 0. The zero-order valence-electron chi connectivity index (χ0n) is 14.0. The number of fused-ring (bicyclic) bond motifs is 1. The van der Waals surface area contributed by atoms with E-state index in [1.807, 2.05) is 18.2 Å². The van der Waals surface area contributed by atoms with Gasteiger partial charge in [-0.2, -0.15) is 0 Å². The molecule has 0 atom stereocenters. The Bertz CT molecular complexity index is 1180. The minimum atomic E-state index is -0.623. The number of hydrogen-bond donors (Lipinski definition) is 0. The predicted octanol–water partition coefficient (Wildman–Crippen LogP) is 5.44. The Morgan fingerprint density at radius 3 is 2.26 bits per heavy atom. The van der Waals surface area contributed by atoms with Crippen LogP contribution in [0, 0.1) is 0 Å². The standard InChI is InChI=1S/C22H13BrO4/c23-16-12-10-15(11-13-16)22(25)27-21-19(24)17-8-4-5-9-18(17)26-20(21)14-6-2-1-3-7-14/h1-13H. The third-order valence-electron chi connectivity index (χ3n) is 4.07. The fourth-order valence-corrected chi connectivity index (χ4v) is 3.00. The minimum Gasteiger partial charge on any atom is -0.452 e. The highest BCUT2D eigenvalue weighted by Gasteiger charge is 2.21. The van der Waals surface area contributed by atoms with Crippen molar-refractivity contribution in [3.05, 3.63) is 99.1 Å². The van der Waals surface area contributed by atoms with Gasteiger partial charge < -0.3 is 9.15 Å². The third-order valence-corrected chi connectivity index (χ3v) is 4.60. The maximum absolute atomic E-state index is 13.0. The van der Waals surface area contributed by atoms with Crippen molar-refractivity contribution in [3.63, 3.8) is 0 Å². The quantitative estimate of drug-likeness (QED) is 0.414. The molecule has 27 heavy (non-hydrogen) atoms. The summed E-state index contributed by atoms with van der Waals surface area (Å²) < 4.78 is 12.3. The Kier molecular flexibility index (Phi) is 4.60. The Hall–Kier alpha value is -3.18. The number of rotatable bonds is 3. The fourth-order valence-electron chi connectivity index (χ4n) is 2.73. The molecule has 0 aliphatic carbocycles. The highest BCUT2D eigenvalue weighted by molar-refractivity contribution is 9.10. The second-order valence-electron chi connectivity index (χ2n) is 5.85. The molecule has 0 bridgehead atoms. The largest absolute Gasteiger partial charge is 0.452 e. The first-order valence-corrected chi connectivity index (χ1v) is 9.02. The van der Waals surface area contributed by atoms with Gasteiger partial charge in [0.15, 0.2) is 5.76 Å². The van der Waals surface area contributed by atoms with Crippen molar-refractivity contribution in [2.75, 3.05) is 0 Å². The van der Waals surface area contributed by atoms with E-state index in [0.717, 1.165) is 4.47 Å². The first kappa shape index (κ1) is 17.2. The fraction of sp³-hybridized carbons (Fsp3) is 0. The number of esters is 1. The monoisotopic (exact) mass is 420 g/mol. The molecule has 0 saturated heterocycles. The lowest BCUT2D eigenvalue weighted by atomic mass is 10.1. The van der Waals surface area contributed by atoms with E-state index in [4.69, 9.17) is 9.15 Å². The predicted molar refractivity (Wildman–Crippen MR) is 107 cm³/mol. The van der Waals surface area contributed by atoms with Crippen molar-refractivity contribution in [2.45, 2.75) is 0 Å². The molecule has 0 radical (unpaired) electrons. The van der Waals surface area contributed by atoms with Gasteiger partial charge in [-0.1, -0.05) is 58.4 Å². The van der Waals surface area contributed by atoms with Crippen molar-refractivity contribution >= 4 is 32.9 Å². The topological polar surface area (TPSA) is 56.5 Å². The lowest BCUT2D eigenvalue weighted by Crippen LogP contribution is -2.16. The van der Waals surface area contributed by atoms with Gasteiger partial charge in [0.1, 0.15) is 5.58 Å². The lowest BCUT2D eigenvalue weighted by molar-refractivity contribution is 0.0731. The molecule has 0 amide bonds. The summed E-state index contributed by atoms with van der Waals surface area (Å²) in [6.07, 6.45) is 0. The van der Waals surface area contributed by atoms with Crippen LogP contribution in [0.3, 0.4) is 0 Å². The van der Waals surface area contributed by atoms with Crippen LogP contribution in [0.2, 0.25) is 0 Å². The molecule has 1 aromatic heterocycles. The molecule has 0 fully saturated rings. The Labute approximate surface area is 163 Å². The van der Waals surface area contributed by atoms with Crippen LogP contribution >= 0.6 is 15.9 Å². The lowest BCUT2D eigenvalue weighted by Gasteiger charge is -2.10. The van der Waals surface area contributed by atoms with Gasteiger partial charge in [0, 0.05) is 10.0 Å². The second kappa shape index (κ2) is 7.21. The number of hydrogen-bond acceptors (Lipinski definition) is 4. The van der Waals surface area contributed by atoms with E-state index >= 15 is 0 Å². The number of halogens is 1. The van der Waals surface area contributed by atoms with Gasteiger partial charge in [-0.25, -0.2) is 4.79 Å². The minimum absolute atomic E-state index is 0.118. The van der Waals surface area contributed by atoms with Crippen LogP contribution in [0.1, 0.15) is 10.4 Å². The van der Waals surface area contributed by atoms with E-state index in [1.54, 1.807) is 60.7 Å². The summed E-state index contributed by atoms with van der Waals surface area (Å²) in [4.78, 5) is 25.6. The van der Waals surface area contributed by atoms with Gasteiger partial charge in [-0.3, -0.25) is 4.79 Å². The van der Waals surface area contributed by atoms with Gasteiger partial charge >= 0.3 is 5.97 Å². The van der Waals surface area contributed by atoms with E-state index in [-0.39, 0.29) is 16.9 Å².